The van der Waals surface area contributed by atoms with Gasteiger partial charge in [0, 0.05) is 89.1 Å². The molecule has 0 spiro atoms. The van der Waals surface area contributed by atoms with Crippen LogP contribution in [0.25, 0.3) is 221 Å². The molecule has 10 aromatic heterocycles. The minimum atomic E-state index is 0.503. The van der Waals surface area contributed by atoms with Gasteiger partial charge in [-0.05, 0) is 151 Å². The second kappa shape index (κ2) is 23.5. The first-order chi connectivity index (χ1) is 54.0. The predicted octanol–water partition coefficient (Wildman–Crippen LogP) is 25.3. The van der Waals surface area contributed by atoms with Gasteiger partial charge in [-0.3, -0.25) is 18.8 Å². The second-order valence-electron chi connectivity index (χ2n) is 28.0. The molecule has 0 saturated carbocycles. The van der Waals surface area contributed by atoms with Crippen molar-refractivity contribution in [3.63, 3.8) is 0 Å². The molecule has 0 radical (unpaired) electrons. The van der Waals surface area contributed by atoms with Gasteiger partial charge in [-0.25, -0.2) is 4.98 Å². The number of benzene rings is 13. The highest BCUT2D eigenvalue weighted by atomic mass is 32.1. The Morgan fingerprint density at radius 2 is 0.789 bits per heavy atom. The second-order valence-corrected chi connectivity index (χ2v) is 29.0. The largest absolute Gasteiger partial charge is 0.421 e. The average Bonchev–Trinajstić information content (AvgIpc) is 1.58. The third-order valence-corrected chi connectivity index (χ3v) is 23.4. The molecule has 13 aromatic carbocycles. The highest BCUT2D eigenvalue weighted by Crippen LogP contribution is 2.47. The summed E-state index contributed by atoms with van der Waals surface area (Å²) in [5.41, 5.74) is 29.8. The summed E-state index contributed by atoms with van der Waals surface area (Å²) in [5, 5.41) is 9.53. The first-order valence-corrected chi connectivity index (χ1v) is 37.6. The van der Waals surface area contributed by atoms with Crippen molar-refractivity contribution in [1.29, 1.82) is 0 Å². The predicted molar refractivity (Wildman–Crippen MR) is 452 cm³/mol. The Morgan fingerprint density at radius 1 is 0.349 bits per heavy atom. The molecular formula is C97H60N10OS. The van der Waals surface area contributed by atoms with Crippen molar-refractivity contribution in [2.45, 2.75) is 6.92 Å². The molecule has 0 saturated heterocycles. The third kappa shape index (κ3) is 8.85. The van der Waals surface area contributed by atoms with E-state index in [1.54, 1.807) is 11.3 Å². The van der Waals surface area contributed by atoms with Gasteiger partial charge in [0.2, 0.25) is 0 Å². The fraction of sp³-hybridized carbons (Fsp3) is 0.0103. The van der Waals surface area contributed by atoms with Crippen LogP contribution >= 0.6 is 11.3 Å². The van der Waals surface area contributed by atoms with E-state index in [1.807, 2.05) is 31.5 Å². The Kier molecular flexibility index (Phi) is 13.1. The van der Waals surface area contributed by atoms with E-state index in [-0.39, 0.29) is 0 Å². The van der Waals surface area contributed by atoms with E-state index in [2.05, 4.69) is 343 Å². The van der Waals surface area contributed by atoms with Gasteiger partial charge in [0.1, 0.15) is 5.69 Å². The van der Waals surface area contributed by atoms with Gasteiger partial charge < -0.3 is 22.7 Å². The van der Waals surface area contributed by atoms with E-state index in [0.717, 1.165) is 160 Å². The number of allylic oxidation sites excluding steroid dienone is 1. The Bertz CT molecular complexity index is 7820. The number of aromatic nitrogens is 10. The molecule has 0 atom stereocenters. The third-order valence-electron chi connectivity index (χ3n) is 22.3. The van der Waals surface area contributed by atoms with Crippen molar-refractivity contribution < 1.29 is 4.42 Å². The number of hydrogen-bond donors (Lipinski definition) is 0. The molecule has 0 amide bonds. The number of para-hydroxylation sites is 7. The zero-order valence-corrected chi connectivity index (χ0v) is 59.6. The Balaban J connectivity index is 0.606. The molecule has 0 unspecified atom stereocenters. The Labute approximate surface area is 626 Å². The summed E-state index contributed by atoms with van der Waals surface area (Å²) in [7, 11) is 0. The maximum Gasteiger partial charge on any atom is 0.307 e. The van der Waals surface area contributed by atoms with Gasteiger partial charge >= 0.3 is 5.84 Å². The van der Waals surface area contributed by atoms with Crippen LogP contribution in [0.5, 0.6) is 0 Å². The summed E-state index contributed by atoms with van der Waals surface area (Å²) < 4.78 is 22.1. The monoisotopic (exact) mass is 1410 g/mol. The maximum atomic E-state index is 6.96. The van der Waals surface area contributed by atoms with Crippen LogP contribution in [0.15, 0.2) is 333 Å². The number of hydrogen-bond acceptors (Lipinski definition) is 6. The fourth-order valence-electron chi connectivity index (χ4n) is 17.7. The van der Waals surface area contributed by atoms with Gasteiger partial charge in [-0.2, -0.15) is 4.98 Å². The number of nitrogens with zero attached hydrogens (tertiary/aromatic N) is 10. The minimum Gasteiger partial charge on any atom is -0.421 e. The molecular weight excluding hydrogens is 1350 g/mol. The topological polar surface area (TPSA) is 93.2 Å². The van der Waals surface area contributed by atoms with E-state index in [4.69, 9.17) is 24.4 Å². The molecule has 0 fully saturated rings. The lowest BCUT2D eigenvalue weighted by Crippen LogP contribution is -1.99. The maximum absolute atomic E-state index is 6.96. The number of rotatable bonds is 11. The zero-order valence-electron chi connectivity index (χ0n) is 58.8. The normalized spacial score (nSPS) is 12.3. The van der Waals surface area contributed by atoms with Crippen molar-refractivity contribution in [2.24, 2.45) is 0 Å². The van der Waals surface area contributed by atoms with Crippen LogP contribution in [0.4, 0.5) is 0 Å². The van der Waals surface area contributed by atoms with E-state index >= 15 is 0 Å². The number of imidazole rings is 2. The molecule has 23 rings (SSSR count). The first kappa shape index (κ1) is 60.9. The Morgan fingerprint density at radius 3 is 1.36 bits per heavy atom. The summed E-state index contributed by atoms with van der Waals surface area (Å²) in [4.78, 5) is 21.5. The Hall–Kier alpha value is -14.5. The van der Waals surface area contributed by atoms with Gasteiger partial charge in [-0.15, -0.1) is 0 Å². The molecule has 11 nitrogen and oxygen atoms in total. The molecule has 23 aromatic rings. The number of oxazole rings is 1. The van der Waals surface area contributed by atoms with Crippen LogP contribution in [0.2, 0.25) is 0 Å². The summed E-state index contributed by atoms with van der Waals surface area (Å²) in [5.74, 6) is 0.503. The SMILES string of the molecule is C=Cc1nc2sc3c(-c4ccccc4-c4ccccc4-n4c5ccccc5c5cc(-n6c7ccccc7c7ccc(-c8ccc9c(c8)nc8oc%10c(-c%11ccccc%11-c%11ccccc%11-n%11c%12ccccc%12c%12cc(-n%13c%14ccccc%14c%14ccccc%14%13)ccc%12%11)nccc%10n89)cc76)ccc54)nccc3n2c1/C=C\C. The van der Waals surface area contributed by atoms with Gasteiger partial charge in [-0.1, -0.05) is 218 Å². The lowest BCUT2D eigenvalue weighted by molar-refractivity contribution is 0.643. The summed E-state index contributed by atoms with van der Waals surface area (Å²) in [6.07, 6.45) is 9.81. The number of pyridine rings is 2. The highest BCUT2D eigenvalue weighted by molar-refractivity contribution is 7.24. The zero-order chi connectivity index (χ0) is 71.7. The van der Waals surface area contributed by atoms with Crippen molar-refractivity contribution in [2.75, 3.05) is 0 Å². The van der Waals surface area contributed by atoms with Crippen LogP contribution in [0.3, 0.4) is 0 Å². The van der Waals surface area contributed by atoms with Crippen molar-refractivity contribution >= 4 is 154 Å². The fourth-order valence-corrected chi connectivity index (χ4v) is 18.9. The molecule has 0 N–H and O–H groups in total. The van der Waals surface area contributed by atoms with E-state index in [9.17, 15) is 0 Å². The molecule has 0 bridgehead atoms. The minimum absolute atomic E-state index is 0.503. The van der Waals surface area contributed by atoms with E-state index in [1.165, 1.54) is 48.7 Å². The summed E-state index contributed by atoms with van der Waals surface area (Å²) in [6.45, 7) is 6.11. The molecule has 510 valence electrons. The van der Waals surface area contributed by atoms with Crippen LogP contribution in [-0.4, -0.2) is 47.0 Å². The van der Waals surface area contributed by atoms with Crippen LogP contribution in [0.1, 0.15) is 18.3 Å². The van der Waals surface area contributed by atoms with E-state index in [0.29, 0.717) is 11.4 Å². The number of thiazole rings is 1. The molecule has 109 heavy (non-hydrogen) atoms. The highest BCUT2D eigenvalue weighted by Gasteiger charge is 2.27. The molecule has 0 aliphatic carbocycles. The molecule has 0 aliphatic heterocycles. The van der Waals surface area contributed by atoms with Crippen molar-refractivity contribution in [1.82, 2.24) is 47.0 Å². The molecule has 10 heterocycles. The molecule has 12 heteroatoms. The van der Waals surface area contributed by atoms with Crippen molar-refractivity contribution in [3.8, 4) is 78.6 Å². The van der Waals surface area contributed by atoms with Crippen LogP contribution in [0, 0.1) is 0 Å². The lowest BCUT2D eigenvalue weighted by Gasteiger charge is -2.17. The molecule has 0 aliphatic rings. The summed E-state index contributed by atoms with van der Waals surface area (Å²) in [6, 6.07) is 110. The first-order valence-electron chi connectivity index (χ1n) is 36.7. The standard InChI is InChI=1S/C97H60N10OS/c1-3-23-87-76(4-2)101-97-107(87)90-51-53-99-93(95(90)109-97)73-34-8-6-25-63(73)65-27-10-20-39-82(65)105-84-41-22-15-32-70(84)75-57-61(45-49-86(75)105)103-80-37-18-13-30-68(80)71-46-42-59(55-91(71)103)58-43-47-88-77(54-58)100-96-106(88)89-50-52-98-92(94(89)108-96)72-33-7-5-24-62(72)64-26-9-19-38-81(64)104-83-40-21-14-31-69(83)74-56-60(44-48-85(74)104)102-78-35-16-11-28-66(78)67-29-12-17-36-79(67)102/h3-57H,2H2,1H3/b23-3-. The smallest absolute Gasteiger partial charge is 0.307 e. The summed E-state index contributed by atoms with van der Waals surface area (Å²) >= 11 is 1.66. The van der Waals surface area contributed by atoms with Gasteiger partial charge in [0.25, 0.3) is 0 Å². The average molecular weight is 1410 g/mol. The lowest BCUT2D eigenvalue weighted by atomic mass is 9.95. The van der Waals surface area contributed by atoms with Crippen molar-refractivity contribution in [3.05, 3.63) is 340 Å². The van der Waals surface area contributed by atoms with E-state index < -0.39 is 0 Å². The van der Waals surface area contributed by atoms with Crippen LogP contribution < -0.4 is 0 Å². The van der Waals surface area contributed by atoms with Gasteiger partial charge in [0.05, 0.1) is 99.4 Å². The van der Waals surface area contributed by atoms with Crippen LogP contribution in [-0.2, 0) is 0 Å². The quantitative estimate of drug-likeness (QED) is 0.129. The van der Waals surface area contributed by atoms with Gasteiger partial charge in [0.15, 0.2) is 10.5 Å². The number of fused-ring (bicyclic) bond motifs is 20.